The Hall–Kier alpha value is -1.52. The first kappa shape index (κ1) is 11.0. The zero-order valence-corrected chi connectivity index (χ0v) is 9.45. The molecule has 2 rings (SSSR count). The van der Waals surface area contributed by atoms with Gasteiger partial charge in [-0.1, -0.05) is 12.1 Å². The SMILES string of the molecule is Oc1cccc(SNCc2cccnc2)c1. The second kappa shape index (κ2) is 5.53. The van der Waals surface area contributed by atoms with Crippen molar-refractivity contribution < 1.29 is 5.11 Å². The van der Waals surface area contributed by atoms with E-state index >= 15 is 0 Å². The Balaban J connectivity index is 1.85. The number of aromatic nitrogens is 1. The minimum absolute atomic E-state index is 0.285. The van der Waals surface area contributed by atoms with E-state index in [0.29, 0.717) is 0 Å². The quantitative estimate of drug-likeness (QED) is 0.795. The molecule has 16 heavy (non-hydrogen) atoms. The Bertz CT molecular complexity index is 448. The fraction of sp³-hybridized carbons (Fsp3) is 0.0833. The molecule has 4 heteroatoms. The van der Waals surface area contributed by atoms with Gasteiger partial charge >= 0.3 is 0 Å². The molecule has 1 aromatic carbocycles. The summed E-state index contributed by atoms with van der Waals surface area (Å²) in [5.74, 6) is 0.285. The van der Waals surface area contributed by atoms with E-state index in [-0.39, 0.29) is 5.75 Å². The number of aromatic hydroxyl groups is 1. The molecule has 0 bridgehead atoms. The van der Waals surface area contributed by atoms with E-state index in [0.717, 1.165) is 17.0 Å². The average Bonchev–Trinajstić information content (AvgIpc) is 2.30. The lowest BCUT2D eigenvalue weighted by molar-refractivity contribution is 0.474. The van der Waals surface area contributed by atoms with Gasteiger partial charge in [-0.25, -0.2) is 0 Å². The summed E-state index contributed by atoms with van der Waals surface area (Å²) in [4.78, 5) is 5.02. The summed E-state index contributed by atoms with van der Waals surface area (Å²) in [5.41, 5.74) is 1.13. The van der Waals surface area contributed by atoms with Gasteiger partial charge in [-0.2, -0.15) is 0 Å². The second-order valence-corrected chi connectivity index (χ2v) is 4.25. The van der Waals surface area contributed by atoms with Crippen LogP contribution in [0.1, 0.15) is 5.56 Å². The molecule has 0 aliphatic rings. The van der Waals surface area contributed by atoms with Crippen molar-refractivity contribution in [3.8, 4) is 5.75 Å². The Morgan fingerprint density at radius 3 is 2.94 bits per heavy atom. The number of hydrogen-bond donors (Lipinski definition) is 2. The highest BCUT2D eigenvalue weighted by molar-refractivity contribution is 7.97. The van der Waals surface area contributed by atoms with Crippen LogP contribution in [-0.2, 0) is 6.54 Å². The van der Waals surface area contributed by atoms with E-state index in [2.05, 4.69) is 9.71 Å². The largest absolute Gasteiger partial charge is 0.508 e. The van der Waals surface area contributed by atoms with Gasteiger partial charge in [-0.15, -0.1) is 0 Å². The summed E-state index contributed by atoms with van der Waals surface area (Å²) in [6.45, 7) is 0.744. The van der Waals surface area contributed by atoms with E-state index in [1.165, 1.54) is 11.9 Å². The number of phenols is 1. The number of benzene rings is 1. The summed E-state index contributed by atoms with van der Waals surface area (Å²) in [7, 11) is 0. The third-order valence-electron chi connectivity index (χ3n) is 2.01. The highest BCUT2D eigenvalue weighted by Gasteiger charge is 1.96. The van der Waals surface area contributed by atoms with Gasteiger partial charge in [0.25, 0.3) is 0 Å². The van der Waals surface area contributed by atoms with Gasteiger partial charge in [-0.3, -0.25) is 9.71 Å². The maximum Gasteiger partial charge on any atom is 0.116 e. The molecule has 0 aliphatic carbocycles. The summed E-state index contributed by atoms with van der Waals surface area (Å²) in [6, 6.07) is 11.1. The Morgan fingerprint density at radius 1 is 1.25 bits per heavy atom. The minimum atomic E-state index is 0.285. The highest BCUT2D eigenvalue weighted by atomic mass is 32.2. The van der Waals surface area contributed by atoms with Gasteiger partial charge in [0.05, 0.1) is 0 Å². The molecule has 1 heterocycles. The molecule has 0 fully saturated rings. The molecule has 0 unspecified atom stereocenters. The molecule has 0 saturated carbocycles. The lowest BCUT2D eigenvalue weighted by atomic mass is 10.3. The monoisotopic (exact) mass is 232 g/mol. The third-order valence-corrected chi connectivity index (χ3v) is 2.79. The van der Waals surface area contributed by atoms with Crippen molar-refractivity contribution in [1.29, 1.82) is 0 Å². The van der Waals surface area contributed by atoms with Gasteiger partial charge in [0.15, 0.2) is 0 Å². The molecule has 2 aromatic rings. The molecule has 3 nitrogen and oxygen atoms in total. The molecule has 0 aliphatic heterocycles. The molecule has 1 aromatic heterocycles. The molecule has 0 amide bonds. The summed E-state index contributed by atoms with van der Waals surface area (Å²) in [5, 5.41) is 9.28. The topological polar surface area (TPSA) is 45.1 Å². The van der Waals surface area contributed by atoms with Crippen LogP contribution in [0.15, 0.2) is 53.7 Å². The van der Waals surface area contributed by atoms with E-state index < -0.39 is 0 Å². The first-order valence-electron chi connectivity index (χ1n) is 4.92. The van der Waals surface area contributed by atoms with E-state index in [9.17, 15) is 5.11 Å². The number of rotatable bonds is 4. The number of nitrogens with zero attached hydrogens (tertiary/aromatic N) is 1. The van der Waals surface area contributed by atoms with Crippen LogP contribution in [0, 0.1) is 0 Å². The van der Waals surface area contributed by atoms with Crippen LogP contribution in [-0.4, -0.2) is 10.1 Å². The van der Waals surface area contributed by atoms with Crippen molar-refractivity contribution in [1.82, 2.24) is 9.71 Å². The van der Waals surface area contributed by atoms with Crippen LogP contribution < -0.4 is 4.72 Å². The minimum Gasteiger partial charge on any atom is -0.508 e. The summed E-state index contributed by atoms with van der Waals surface area (Å²) < 4.78 is 3.21. The van der Waals surface area contributed by atoms with Gasteiger partial charge < -0.3 is 5.11 Å². The van der Waals surface area contributed by atoms with Crippen LogP contribution in [0.2, 0.25) is 0 Å². The first-order valence-corrected chi connectivity index (χ1v) is 5.74. The lowest BCUT2D eigenvalue weighted by Gasteiger charge is -2.04. The fourth-order valence-corrected chi connectivity index (χ4v) is 1.98. The van der Waals surface area contributed by atoms with Crippen molar-refractivity contribution in [2.24, 2.45) is 0 Å². The van der Waals surface area contributed by atoms with Crippen molar-refractivity contribution in [2.45, 2.75) is 11.4 Å². The average molecular weight is 232 g/mol. The predicted molar refractivity (Wildman–Crippen MR) is 65.0 cm³/mol. The molecular formula is C12H12N2OS. The zero-order valence-electron chi connectivity index (χ0n) is 8.63. The van der Waals surface area contributed by atoms with E-state index in [4.69, 9.17) is 0 Å². The lowest BCUT2D eigenvalue weighted by Crippen LogP contribution is -2.02. The van der Waals surface area contributed by atoms with Gasteiger partial charge in [0.1, 0.15) is 5.75 Å². The number of phenolic OH excluding ortho intramolecular Hbond substituents is 1. The Morgan fingerprint density at radius 2 is 2.19 bits per heavy atom. The normalized spacial score (nSPS) is 10.2. The number of hydrogen-bond acceptors (Lipinski definition) is 4. The van der Waals surface area contributed by atoms with Crippen molar-refractivity contribution in [3.63, 3.8) is 0 Å². The van der Waals surface area contributed by atoms with Crippen LogP contribution >= 0.6 is 11.9 Å². The second-order valence-electron chi connectivity index (χ2n) is 3.28. The van der Waals surface area contributed by atoms with Gasteiger partial charge in [-0.05, 0) is 41.8 Å². The Kier molecular flexibility index (Phi) is 3.80. The third kappa shape index (κ3) is 3.25. The molecule has 82 valence electrons. The van der Waals surface area contributed by atoms with Crippen LogP contribution in [0.25, 0.3) is 0 Å². The van der Waals surface area contributed by atoms with Gasteiger partial charge in [0.2, 0.25) is 0 Å². The molecule has 0 radical (unpaired) electrons. The zero-order chi connectivity index (χ0) is 11.2. The maximum atomic E-state index is 9.28. The molecule has 0 saturated heterocycles. The van der Waals surface area contributed by atoms with E-state index in [1.54, 1.807) is 18.3 Å². The molecular weight excluding hydrogens is 220 g/mol. The predicted octanol–water partition coefficient (Wildman–Crippen LogP) is 2.58. The van der Waals surface area contributed by atoms with Crippen LogP contribution in [0.3, 0.4) is 0 Å². The molecule has 0 atom stereocenters. The molecule has 0 spiro atoms. The highest BCUT2D eigenvalue weighted by Crippen LogP contribution is 2.19. The standard InChI is InChI=1S/C12H12N2OS/c15-11-4-1-5-12(7-11)16-14-9-10-3-2-6-13-8-10/h1-8,14-15H,9H2. The Labute approximate surface area is 98.7 Å². The van der Waals surface area contributed by atoms with E-state index in [1.807, 2.05) is 30.5 Å². The van der Waals surface area contributed by atoms with Gasteiger partial charge in [0, 0.05) is 23.8 Å². The van der Waals surface area contributed by atoms with Crippen molar-refractivity contribution >= 4 is 11.9 Å². The van der Waals surface area contributed by atoms with Crippen LogP contribution in [0.4, 0.5) is 0 Å². The fourth-order valence-electron chi connectivity index (χ4n) is 1.25. The van der Waals surface area contributed by atoms with Crippen molar-refractivity contribution in [3.05, 3.63) is 54.4 Å². The van der Waals surface area contributed by atoms with Crippen molar-refractivity contribution in [2.75, 3.05) is 0 Å². The van der Waals surface area contributed by atoms with Crippen LogP contribution in [0.5, 0.6) is 5.75 Å². The maximum absolute atomic E-state index is 9.28. The summed E-state index contributed by atoms with van der Waals surface area (Å²) >= 11 is 1.49. The number of nitrogens with one attached hydrogen (secondary N) is 1. The molecule has 2 N–H and O–H groups in total. The first-order chi connectivity index (χ1) is 7.84. The smallest absolute Gasteiger partial charge is 0.116 e. The summed E-state index contributed by atoms with van der Waals surface area (Å²) in [6.07, 6.45) is 3.59. The number of pyridine rings is 1.